The van der Waals surface area contributed by atoms with Crippen LogP contribution in [0.5, 0.6) is 0 Å². The number of amidine groups is 1. The Labute approximate surface area is 100 Å². The van der Waals surface area contributed by atoms with Gasteiger partial charge in [-0.25, -0.2) is 0 Å². The van der Waals surface area contributed by atoms with Crippen molar-refractivity contribution >= 4 is 17.8 Å². The fraction of sp³-hybridized carbons (Fsp3) is 0.250. The second kappa shape index (κ2) is 4.88. The number of benzene rings is 1. The summed E-state index contributed by atoms with van der Waals surface area (Å²) in [6, 6.07) is 7.79. The van der Waals surface area contributed by atoms with E-state index in [4.69, 9.17) is 5.73 Å². The van der Waals surface area contributed by atoms with Crippen LogP contribution in [0.15, 0.2) is 39.6 Å². The Morgan fingerprint density at radius 2 is 1.94 bits per heavy atom. The second-order valence-corrected chi connectivity index (χ2v) is 3.98. The first kappa shape index (κ1) is 11.5. The quantitative estimate of drug-likeness (QED) is 0.587. The maximum Gasteiger partial charge on any atom is 0.168 e. The van der Waals surface area contributed by atoms with Gasteiger partial charge in [0.25, 0.3) is 0 Å². The van der Waals surface area contributed by atoms with E-state index in [0.29, 0.717) is 5.84 Å². The lowest BCUT2D eigenvalue weighted by Gasteiger charge is -2.05. The summed E-state index contributed by atoms with van der Waals surface area (Å²) in [5.74, 6) is 0.575. The van der Waals surface area contributed by atoms with Gasteiger partial charge in [-0.3, -0.25) is 5.43 Å². The van der Waals surface area contributed by atoms with Crippen molar-refractivity contribution in [2.75, 3.05) is 0 Å². The van der Waals surface area contributed by atoms with Gasteiger partial charge in [0.2, 0.25) is 0 Å². The third-order valence-corrected chi connectivity index (χ3v) is 2.53. The molecule has 17 heavy (non-hydrogen) atoms. The minimum Gasteiger partial charge on any atom is -0.317 e. The van der Waals surface area contributed by atoms with Gasteiger partial charge in [-0.1, -0.05) is 29.8 Å². The number of nitrogens with zero attached hydrogens (tertiary/aromatic N) is 3. The highest BCUT2D eigenvalue weighted by atomic mass is 15.4. The van der Waals surface area contributed by atoms with Crippen LogP contribution in [0.4, 0.5) is 0 Å². The fourth-order valence-electron chi connectivity index (χ4n) is 1.37. The Morgan fingerprint density at radius 1 is 1.24 bits per heavy atom. The smallest absolute Gasteiger partial charge is 0.168 e. The molecule has 2 rings (SSSR count). The predicted octanol–water partition coefficient (Wildman–Crippen LogP) is 1.03. The van der Waals surface area contributed by atoms with Crippen LogP contribution in [0.2, 0.25) is 0 Å². The lowest BCUT2D eigenvalue weighted by atomic mass is 10.2. The zero-order valence-electron chi connectivity index (χ0n) is 9.88. The predicted molar refractivity (Wildman–Crippen MR) is 70.4 cm³/mol. The highest BCUT2D eigenvalue weighted by Gasteiger charge is 2.18. The van der Waals surface area contributed by atoms with Gasteiger partial charge in [0.05, 0.1) is 11.9 Å². The molecule has 1 heterocycles. The Morgan fingerprint density at radius 3 is 2.53 bits per heavy atom. The van der Waals surface area contributed by atoms with Crippen LogP contribution in [-0.2, 0) is 0 Å². The van der Waals surface area contributed by atoms with Crippen molar-refractivity contribution in [1.82, 2.24) is 5.43 Å². The molecule has 88 valence electrons. The zero-order valence-corrected chi connectivity index (χ0v) is 9.88. The molecule has 1 aliphatic rings. The van der Waals surface area contributed by atoms with Crippen molar-refractivity contribution < 1.29 is 0 Å². The number of nitrogens with one attached hydrogen (secondary N) is 1. The first-order chi connectivity index (χ1) is 8.16. The number of aryl methyl sites for hydroxylation is 1. The molecule has 0 saturated carbocycles. The third kappa shape index (κ3) is 2.76. The number of hydrogen-bond acceptors (Lipinski definition) is 5. The van der Waals surface area contributed by atoms with Crippen molar-refractivity contribution in [2.24, 2.45) is 21.0 Å². The molecule has 0 saturated heterocycles. The molecule has 0 fully saturated rings. The number of nitrogens with two attached hydrogens (primary N) is 1. The van der Waals surface area contributed by atoms with Crippen LogP contribution in [0.25, 0.3) is 0 Å². The summed E-state index contributed by atoms with van der Waals surface area (Å²) >= 11 is 0. The molecule has 0 bridgehead atoms. The second-order valence-electron chi connectivity index (χ2n) is 3.98. The summed E-state index contributed by atoms with van der Waals surface area (Å²) in [5.41, 5.74) is 11.7. The standard InChI is InChI=1S/C12H15N5/c1-8-3-5-10(6-4-8)7-14-16-12-11(13)9(2)15-17-12/h3-7,11H,13H2,1-2H3,(H,16,17)/b14-7-/t11-/m1/s1. The van der Waals surface area contributed by atoms with E-state index >= 15 is 0 Å². The van der Waals surface area contributed by atoms with E-state index in [9.17, 15) is 0 Å². The number of hydrogen-bond donors (Lipinski definition) is 2. The van der Waals surface area contributed by atoms with E-state index in [-0.39, 0.29) is 6.04 Å². The van der Waals surface area contributed by atoms with Crippen LogP contribution in [0.3, 0.4) is 0 Å². The Kier molecular flexibility index (Phi) is 3.30. The summed E-state index contributed by atoms with van der Waals surface area (Å²) < 4.78 is 0. The molecule has 0 unspecified atom stereocenters. The molecule has 1 aliphatic heterocycles. The van der Waals surface area contributed by atoms with Crippen LogP contribution in [-0.4, -0.2) is 23.8 Å². The van der Waals surface area contributed by atoms with E-state index in [2.05, 4.69) is 20.7 Å². The van der Waals surface area contributed by atoms with E-state index in [0.717, 1.165) is 11.3 Å². The van der Waals surface area contributed by atoms with E-state index < -0.39 is 0 Å². The fourth-order valence-corrected chi connectivity index (χ4v) is 1.37. The van der Waals surface area contributed by atoms with Gasteiger partial charge in [-0.15, -0.1) is 5.10 Å². The van der Waals surface area contributed by atoms with Gasteiger partial charge in [0.15, 0.2) is 5.84 Å². The Hall–Kier alpha value is -2.01. The van der Waals surface area contributed by atoms with Crippen molar-refractivity contribution in [3.63, 3.8) is 0 Å². The largest absolute Gasteiger partial charge is 0.317 e. The minimum absolute atomic E-state index is 0.273. The average Bonchev–Trinajstić information content (AvgIpc) is 2.64. The minimum atomic E-state index is -0.273. The molecule has 0 aliphatic carbocycles. The molecule has 0 radical (unpaired) electrons. The summed E-state index contributed by atoms with van der Waals surface area (Å²) in [6.45, 7) is 3.89. The number of hydrazone groups is 1. The van der Waals surface area contributed by atoms with Gasteiger partial charge in [0.1, 0.15) is 6.04 Å². The van der Waals surface area contributed by atoms with Crippen LogP contribution < -0.4 is 11.2 Å². The van der Waals surface area contributed by atoms with Gasteiger partial charge in [-0.05, 0) is 19.4 Å². The summed E-state index contributed by atoms with van der Waals surface area (Å²) in [7, 11) is 0. The van der Waals surface area contributed by atoms with Crippen molar-refractivity contribution in [3.05, 3.63) is 35.4 Å². The zero-order chi connectivity index (χ0) is 12.3. The topological polar surface area (TPSA) is 75.1 Å². The molecule has 1 atom stereocenters. The molecule has 5 nitrogen and oxygen atoms in total. The summed E-state index contributed by atoms with van der Waals surface area (Å²) in [5, 5.41) is 11.9. The third-order valence-electron chi connectivity index (χ3n) is 2.53. The highest BCUT2D eigenvalue weighted by Crippen LogP contribution is 2.01. The molecule has 1 aromatic carbocycles. The maximum absolute atomic E-state index is 5.82. The molecular weight excluding hydrogens is 214 g/mol. The first-order valence-corrected chi connectivity index (χ1v) is 5.40. The van der Waals surface area contributed by atoms with Gasteiger partial charge in [0, 0.05) is 0 Å². The SMILES string of the molecule is CC1=NN=C(N/N=C\c2ccc(C)cc2)[C@@H]1N. The van der Waals surface area contributed by atoms with E-state index in [1.165, 1.54) is 5.56 Å². The lowest BCUT2D eigenvalue weighted by molar-refractivity contribution is 0.965. The van der Waals surface area contributed by atoms with Crippen molar-refractivity contribution in [2.45, 2.75) is 19.9 Å². The van der Waals surface area contributed by atoms with Crippen LogP contribution in [0, 0.1) is 6.92 Å². The molecule has 1 aromatic rings. The Balaban J connectivity index is 1.93. The maximum atomic E-state index is 5.82. The Bertz CT molecular complexity index is 484. The van der Waals surface area contributed by atoms with E-state index in [1.54, 1.807) is 6.21 Å². The molecule has 0 aromatic heterocycles. The summed E-state index contributed by atoms with van der Waals surface area (Å²) in [4.78, 5) is 0. The van der Waals surface area contributed by atoms with Crippen LogP contribution in [0.1, 0.15) is 18.1 Å². The molecule has 5 heteroatoms. The molecule has 3 N–H and O–H groups in total. The molecule has 0 amide bonds. The van der Waals surface area contributed by atoms with E-state index in [1.807, 2.05) is 38.1 Å². The van der Waals surface area contributed by atoms with Crippen molar-refractivity contribution in [3.8, 4) is 0 Å². The summed E-state index contributed by atoms with van der Waals surface area (Å²) in [6.07, 6.45) is 1.72. The monoisotopic (exact) mass is 229 g/mol. The average molecular weight is 229 g/mol. The first-order valence-electron chi connectivity index (χ1n) is 5.40. The molecular formula is C12H15N5. The van der Waals surface area contributed by atoms with Gasteiger partial charge < -0.3 is 5.73 Å². The van der Waals surface area contributed by atoms with Crippen LogP contribution >= 0.6 is 0 Å². The van der Waals surface area contributed by atoms with Gasteiger partial charge >= 0.3 is 0 Å². The number of rotatable bonds is 2. The highest BCUT2D eigenvalue weighted by molar-refractivity contribution is 6.12. The van der Waals surface area contributed by atoms with Gasteiger partial charge in [-0.2, -0.15) is 10.2 Å². The van der Waals surface area contributed by atoms with Crippen molar-refractivity contribution in [1.29, 1.82) is 0 Å². The molecule has 0 spiro atoms. The normalized spacial score (nSPS) is 19.4. The lowest BCUT2D eigenvalue weighted by Crippen LogP contribution is -2.40.